The zero-order chi connectivity index (χ0) is 25.2. The molecule has 36 heavy (non-hydrogen) atoms. The van der Waals surface area contributed by atoms with E-state index < -0.39 is 17.6 Å². The van der Waals surface area contributed by atoms with Gasteiger partial charge in [-0.15, -0.1) is 0 Å². The molecule has 0 aliphatic heterocycles. The second-order valence-corrected chi connectivity index (χ2v) is 7.78. The molecule has 0 aliphatic rings. The van der Waals surface area contributed by atoms with Gasteiger partial charge in [-0.05, 0) is 49.4 Å². The number of hydrogen-bond acceptors (Lipinski definition) is 5. The Balaban J connectivity index is 1.45. The number of carbonyl (C=O) groups excluding carboxylic acids is 2. The van der Waals surface area contributed by atoms with Crippen molar-refractivity contribution >= 4 is 22.6 Å². The first-order valence-corrected chi connectivity index (χ1v) is 11.1. The monoisotopic (exact) mass is 485 g/mol. The van der Waals surface area contributed by atoms with Crippen molar-refractivity contribution in [1.82, 2.24) is 35.0 Å². The van der Waals surface area contributed by atoms with Gasteiger partial charge in [0.25, 0.3) is 17.4 Å². The molecule has 0 radical (unpaired) electrons. The molecular formula is C25H20FN7O3. The second kappa shape index (κ2) is 9.29. The first-order valence-electron chi connectivity index (χ1n) is 11.1. The number of aromatic nitrogens is 5. The molecular weight excluding hydrogens is 465 g/mol. The van der Waals surface area contributed by atoms with E-state index in [9.17, 15) is 18.8 Å². The predicted octanol–water partition coefficient (Wildman–Crippen LogP) is 2.61. The van der Waals surface area contributed by atoms with Crippen LogP contribution in [0.3, 0.4) is 0 Å². The van der Waals surface area contributed by atoms with Crippen LogP contribution in [0.15, 0.2) is 84.0 Å². The van der Waals surface area contributed by atoms with Crippen LogP contribution >= 0.6 is 0 Å². The summed E-state index contributed by atoms with van der Waals surface area (Å²) in [6.45, 7) is 2.02. The molecule has 180 valence electrons. The third-order valence-corrected chi connectivity index (χ3v) is 5.58. The molecule has 10 nitrogen and oxygen atoms in total. The Morgan fingerprint density at radius 1 is 0.917 bits per heavy atom. The summed E-state index contributed by atoms with van der Waals surface area (Å²) in [6, 6.07) is 15.9. The van der Waals surface area contributed by atoms with Crippen LogP contribution in [0, 0.1) is 5.82 Å². The lowest BCUT2D eigenvalue weighted by Gasteiger charge is -2.12. The van der Waals surface area contributed by atoms with Gasteiger partial charge in [-0.1, -0.05) is 18.2 Å². The smallest absolute Gasteiger partial charge is 0.290 e. The van der Waals surface area contributed by atoms with Gasteiger partial charge in [0, 0.05) is 24.3 Å². The van der Waals surface area contributed by atoms with Gasteiger partial charge < -0.3 is 4.57 Å². The highest BCUT2D eigenvalue weighted by atomic mass is 19.1. The van der Waals surface area contributed by atoms with Gasteiger partial charge in [0.05, 0.1) is 17.3 Å². The van der Waals surface area contributed by atoms with Crippen LogP contribution in [0.4, 0.5) is 4.39 Å². The van der Waals surface area contributed by atoms with Crippen LogP contribution in [0.5, 0.6) is 0 Å². The van der Waals surface area contributed by atoms with E-state index in [1.54, 1.807) is 60.3 Å². The Morgan fingerprint density at radius 2 is 1.58 bits per heavy atom. The summed E-state index contributed by atoms with van der Waals surface area (Å²) >= 11 is 0. The second-order valence-electron chi connectivity index (χ2n) is 7.78. The first-order chi connectivity index (χ1) is 17.5. The number of nitrogens with one attached hydrogen (secondary N) is 2. The van der Waals surface area contributed by atoms with E-state index in [0.29, 0.717) is 22.3 Å². The van der Waals surface area contributed by atoms with Crippen molar-refractivity contribution in [1.29, 1.82) is 0 Å². The largest absolute Gasteiger partial charge is 0.308 e. The predicted molar refractivity (Wildman–Crippen MR) is 129 cm³/mol. The van der Waals surface area contributed by atoms with Crippen LogP contribution in [-0.2, 0) is 6.54 Å². The molecule has 2 amide bonds. The zero-order valence-corrected chi connectivity index (χ0v) is 19.1. The lowest BCUT2D eigenvalue weighted by molar-refractivity contribution is 0.0843. The summed E-state index contributed by atoms with van der Waals surface area (Å²) in [5, 5.41) is 9.19. The molecule has 0 unspecified atom stereocenters. The van der Waals surface area contributed by atoms with Crippen molar-refractivity contribution in [3.05, 3.63) is 107 Å². The molecule has 2 aromatic carbocycles. The van der Waals surface area contributed by atoms with Crippen molar-refractivity contribution in [3.8, 4) is 11.5 Å². The SMILES string of the molecule is CCn1nc(C(=O)NNC(=O)c2cnn(-c3ccc(F)cc3)c2-n2cccc2)c2ccccc2c1=O. The van der Waals surface area contributed by atoms with Crippen molar-refractivity contribution in [2.24, 2.45) is 0 Å². The Bertz CT molecular complexity index is 1640. The minimum absolute atomic E-state index is 0.00000890. The minimum atomic E-state index is -0.685. The number of benzene rings is 2. The van der Waals surface area contributed by atoms with Crippen LogP contribution < -0.4 is 16.4 Å². The lowest BCUT2D eigenvalue weighted by Crippen LogP contribution is -2.43. The Labute approximate surface area is 203 Å². The summed E-state index contributed by atoms with van der Waals surface area (Å²) in [5.41, 5.74) is 5.17. The quantitative estimate of drug-likeness (QED) is 0.371. The van der Waals surface area contributed by atoms with E-state index in [-0.39, 0.29) is 23.4 Å². The summed E-state index contributed by atoms with van der Waals surface area (Å²) < 4.78 is 17.8. The number of aryl methyl sites for hydroxylation is 1. The summed E-state index contributed by atoms with van der Waals surface area (Å²) in [6.07, 6.45) is 4.82. The molecule has 0 atom stereocenters. The summed E-state index contributed by atoms with van der Waals surface area (Å²) in [7, 11) is 0. The summed E-state index contributed by atoms with van der Waals surface area (Å²) in [4.78, 5) is 38.6. The van der Waals surface area contributed by atoms with Gasteiger partial charge in [-0.3, -0.25) is 25.2 Å². The van der Waals surface area contributed by atoms with Crippen molar-refractivity contribution < 1.29 is 14.0 Å². The van der Waals surface area contributed by atoms with Crippen LogP contribution in [0.2, 0.25) is 0 Å². The molecule has 0 saturated heterocycles. The van der Waals surface area contributed by atoms with Crippen molar-refractivity contribution in [2.45, 2.75) is 13.5 Å². The highest BCUT2D eigenvalue weighted by Gasteiger charge is 2.22. The maximum absolute atomic E-state index is 13.4. The average molecular weight is 485 g/mol. The van der Waals surface area contributed by atoms with E-state index in [2.05, 4.69) is 21.0 Å². The fourth-order valence-corrected chi connectivity index (χ4v) is 3.85. The van der Waals surface area contributed by atoms with Crippen molar-refractivity contribution in [3.63, 3.8) is 0 Å². The van der Waals surface area contributed by atoms with Gasteiger partial charge in [0.2, 0.25) is 0 Å². The van der Waals surface area contributed by atoms with Crippen LogP contribution in [-0.4, -0.2) is 35.9 Å². The molecule has 0 bridgehead atoms. The van der Waals surface area contributed by atoms with Gasteiger partial charge >= 0.3 is 0 Å². The minimum Gasteiger partial charge on any atom is -0.308 e. The van der Waals surface area contributed by atoms with E-state index >= 15 is 0 Å². The fraction of sp³-hybridized carbons (Fsp3) is 0.0800. The molecule has 5 rings (SSSR count). The zero-order valence-electron chi connectivity index (χ0n) is 19.1. The number of rotatable bonds is 5. The van der Waals surface area contributed by atoms with Crippen molar-refractivity contribution in [2.75, 3.05) is 0 Å². The molecule has 5 aromatic rings. The fourth-order valence-electron chi connectivity index (χ4n) is 3.85. The first kappa shape index (κ1) is 22.7. The molecule has 11 heteroatoms. The topological polar surface area (TPSA) is 116 Å². The van der Waals surface area contributed by atoms with E-state index in [0.717, 1.165) is 0 Å². The third-order valence-electron chi connectivity index (χ3n) is 5.58. The Morgan fingerprint density at radius 3 is 2.28 bits per heavy atom. The van der Waals surface area contributed by atoms with E-state index in [4.69, 9.17) is 0 Å². The molecule has 0 aliphatic carbocycles. The summed E-state index contributed by atoms with van der Waals surface area (Å²) in [5.74, 6) is -1.32. The van der Waals surface area contributed by atoms with Gasteiger partial charge in [-0.25, -0.2) is 13.8 Å². The molecule has 2 N–H and O–H groups in total. The maximum Gasteiger partial charge on any atom is 0.290 e. The number of hydrazine groups is 1. The Hall–Kier alpha value is -5.06. The molecule has 3 aromatic heterocycles. The highest BCUT2D eigenvalue weighted by Crippen LogP contribution is 2.20. The molecule has 0 fully saturated rings. The normalized spacial score (nSPS) is 10.9. The molecule has 3 heterocycles. The van der Waals surface area contributed by atoms with Crippen LogP contribution in [0.25, 0.3) is 22.3 Å². The van der Waals surface area contributed by atoms with Gasteiger partial charge in [0.15, 0.2) is 11.5 Å². The van der Waals surface area contributed by atoms with E-state index in [1.165, 1.54) is 39.8 Å². The number of halogens is 1. The maximum atomic E-state index is 13.4. The third kappa shape index (κ3) is 4.02. The molecule has 0 saturated carbocycles. The van der Waals surface area contributed by atoms with Gasteiger partial charge in [0.1, 0.15) is 11.4 Å². The van der Waals surface area contributed by atoms with Crippen LogP contribution in [0.1, 0.15) is 27.8 Å². The Kier molecular flexibility index (Phi) is 5.87. The average Bonchev–Trinajstić information content (AvgIpc) is 3.58. The highest BCUT2D eigenvalue weighted by molar-refractivity contribution is 6.06. The number of nitrogens with zero attached hydrogens (tertiary/aromatic N) is 5. The lowest BCUT2D eigenvalue weighted by atomic mass is 10.1. The number of hydrogen-bond donors (Lipinski definition) is 2. The number of amides is 2. The molecule has 0 spiro atoms. The standard InChI is InChI=1S/C25H20FN7O3/c1-2-32-25(36)19-8-4-3-7-18(19)21(30-32)23(35)29-28-22(34)20-15-27-33(17-11-9-16(26)10-12-17)24(20)31-13-5-6-14-31/h3-15H,2H2,1H3,(H,28,34)(H,29,35). The van der Waals surface area contributed by atoms with Gasteiger partial charge in [-0.2, -0.15) is 10.2 Å². The number of fused-ring (bicyclic) bond motifs is 1. The number of carbonyl (C=O) groups is 2. The van der Waals surface area contributed by atoms with E-state index in [1.807, 2.05) is 0 Å².